The van der Waals surface area contributed by atoms with Gasteiger partial charge in [-0.25, -0.2) is 4.98 Å². The molecule has 0 radical (unpaired) electrons. The van der Waals surface area contributed by atoms with Crippen LogP contribution in [0.2, 0.25) is 0 Å². The van der Waals surface area contributed by atoms with Crippen molar-refractivity contribution in [2.45, 2.75) is 25.4 Å². The summed E-state index contributed by atoms with van der Waals surface area (Å²) in [4.78, 5) is 17.3. The molecule has 1 aliphatic carbocycles. The van der Waals surface area contributed by atoms with Crippen LogP contribution >= 0.6 is 11.3 Å². The average molecular weight is 347 g/mol. The quantitative estimate of drug-likeness (QED) is 0.602. The van der Waals surface area contributed by atoms with Crippen LogP contribution in [0.3, 0.4) is 0 Å². The summed E-state index contributed by atoms with van der Waals surface area (Å²) in [7, 11) is 0. The van der Waals surface area contributed by atoms with E-state index in [2.05, 4.69) is 28.1 Å². The molecule has 0 spiro atoms. The molecule has 0 aliphatic heterocycles. The highest BCUT2D eigenvalue weighted by Crippen LogP contribution is 2.26. The molecule has 2 heterocycles. The fourth-order valence-electron chi connectivity index (χ4n) is 3.20. The van der Waals surface area contributed by atoms with E-state index in [9.17, 15) is 4.79 Å². The minimum atomic E-state index is 0.0253. The van der Waals surface area contributed by atoms with Gasteiger partial charge >= 0.3 is 0 Å². The first-order valence-corrected chi connectivity index (χ1v) is 9.33. The minimum absolute atomic E-state index is 0.0253. The number of fused-ring (bicyclic) bond motifs is 2. The van der Waals surface area contributed by atoms with Crippen molar-refractivity contribution in [2.75, 3.05) is 0 Å². The van der Waals surface area contributed by atoms with Crippen LogP contribution in [0, 0.1) is 0 Å². The van der Waals surface area contributed by atoms with Crippen LogP contribution in [0.5, 0.6) is 0 Å². The van der Waals surface area contributed by atoms with Crippen LogP contribution in [0.1, 0.15) is 28.2 Å². The van der Waals surface area contributed by atoms with Gasteiger partial charge < -0.3 is 9.88 Å². The van der Waals surface area contributed by atoms with Gasteiger partial charge in [-0.15, -0.1) is 11.3 Å². The predicted octanol–water partition coefficient (Wildman–Crippen LogP) is 4.19. The number of nitrogens with one attached hydrogen (secondary N) is 1. The number of carbonyl (C=O) groups excluding carboxylic acids is 1. The second kappa shape index (κ2) is 5.70. The van der Waals surface area contributed by atoms with Crippen molar-refractivity contribution in [3.05, 3.63) is 65.3 Å². The molecular weight excluding hydrogens is 330 g/mol. The Hall–Kier alpha value is -2.66. The van der Waals surface area contributed by atoms with Crippen molar-refractivity contribution < 1.29 is 4.79 Å². The Morgan fingerprint density at radius 1 is 1.16 bits per heavy atom. The maximum absolute atomic E-state index is 12.6. The summed E-state index contributed by atoms with van der Waals surface area (Å²) < 4.78 is 3.33. The van der Waals surface area contributed by atoms with Crippen LogP contribution in [-0.2, 0) is 6.54 Å². The van der Waals surface area contributed by atoms with E-state index in [4.69, 9.17) is 4.98 Å². The number of carbonyl (C=O) groups is 1. The molecule has 124 valence electrons. The van der Waals surface area contributed by atoms with Crippen LogP contribution in [0.25, 0.3) is 21.1 Å². The lowest BCUT2D eigenvalue weighted by atomic mass is 10.1. The van der Waals surface area contributed by atoms with Gasteiger partial charge in [0.15, 0.2) is 0 Å². The van der Waals surface area contributed by atoms with Gasteiger partial charge in [0.1, 0.15) is 5.01 Å². The highest BCUT2D eigenvalue weighted by atomic mass is 32.1. The summed E-state index contributed by atoms with van der Waals surface area (Å²) in [6.07, 6.45) is 4.23. The van der Waals surface area contributed by atoms with E-state index in [1.165, 1.54) is 4.70 Å². The molecule has 4 aromatic rings. The summed E-state index contributed by atoms with van der Waals surface area (Å²) in [6, 6.07) is 16.5. The van der Waals surface area contributed by atoms with Crippen molar-refractivity contribution in [3.63, 3.8) is 0 Å². The van der Waals surface area contributed by atoms with Gasteiger partial charge in [0, 0.05) is 17.6 Å². The Balaban J connectivity index is 1.55. The molecule has 1 N–H and O–H groups in total. The third-order valence-corrected chi connectivity index (χ3v) is 5.61. The highest BCUT2D eigenvalue weighted by molar-refractivity contribution is 7.18. The molecule has 1 aliphatic rings. The number of hydrogen-bond acceptors (Lipinski definition) is 3. The zero-order chi connectivity index (χ0) is 16.8. The molecule has 0 atom stereocenters. The molecule has 25 heavy (non-hydrogen) atoms. The predicted molar refractivity (Wildman–Crippen MR) is 101 cm³/mol. The first-order valence-electron chi connectivity index (χ1n) is 8.51. The van der Waals surface area contributed by atoms with Crippen LogP contribution in [-0.4, -0.2) is 21.5 Å². The fourth-order valence-corrected chi connectivity index (χ4v) is 4.17. The second-order valence-corrected chi connectivity index (χ2v) is 7.63. The molecule has 2 aromatic carbocycles. The van der Waals surface area contributed by atoms with Crippen molar-refractivity contribution >= 4 is 38.4 Å². The molecule has 1 fully saturated rings. The third kappa shape index (κ3) is 2.70. The zero-order valence-corrected chi connectivity index (χ0v) is 14.4. The minimum Gasteiger partial charge on any atom is -0.349 e. The fraction of sp³-hybridized carbons (Fsp3) is 0.200. The Kier molecular flexibility index (Phi) is 3.35. The first-order chi connectivity index (χ1) is 12.3. The number of thiazole rings is 1. The van der Waals surface area contributed by atoms with E-state index in [0.717, 1.165) is 39.8 Å². The molecular formula is C20H17N3OS. The first kappa shape index (κ1) is 14.7. The topological polar surface area (TPSA) is 46.9 Å². The van der Waals surface area contributed by atoms with E-state index in [1.807, 2.05) is 36.5 Å². The van der Waals surface area contributed by atoms with Crippen molar-refractivity contribution in [3.8, 4) is 0 Å². The summed E-state index contributed by atoms with van der Waals surface area (Å²) in [5, 5.41) is 5.24. The zero-order valence-electron chi connectivity index (χ0n) is 13.6. The Bertz CT molecular complexity index is 1060. The van der Waals surface area contributed by atoms with Crippen molar-refractivity contribution in [2.24, 2.45) is 0 Å². The normalized spacial score (nSPS) is 14.2. The SMILES string of the molecule is O=C(NC1CC1)c1cccc2ccn(Cc3nc4ccccc4s3)c12. The van der Waals surface area contributed by atoms with Crippen molar-refractivity contribution in [1.82, 2.24) is 14.9 Å². The van der Waals surface area contributed by atoms with Crippen LogP contribution in [0.15, 0.2) is 54.7 Å². The number of benzene rings is 2. The van der Waals surface area contributed by atoms with Crippen LogP contribution < -0.4 is 5.32 Å². The smallest absolute Gasteiger partial charge is 0.253 e. The van der Waals surface area contributed by atoms with E-state index in [1.54, 1.807) is 11.3 Å². The molecule has 0 unspecified atom stereocenters. The summed E-state index contributed by atoms with van der Waals surface area (Å²) in [5.41, 5.74) is 2.76. The Morgan fingerprint density at radius 3 is 2.88 bits per heavy atom. The summed E-state index contributed by atoms with van der Waals surface area (Å²) >= 11 is 1.71. The van der Waals surface area contributed by atoms with E-state index >= 15 is 0 Å². The van der Waals surface area contributed by atoms with Crippen molar-refractivity contribution in [1.29, 1.82) is 0 Å². The molecule has 0 bridgehead atoms. The maximum Gasteiger partial charge on any atom is 0.253 e. The highest BCUT2D eigenvalue weighted by Gasteiger charge is 2.25. The summed E-state index contributed by atoms with van der Waals surface area (Å²) in [6.45, 7) is 0.677. The summed E-state index contributed by atoms with van der Waals surface area (Å²) in [5.74, 6) is 0.0253. The Labute approximate surface area is 149 Å². The number of rotatable bonds is 4. The third-order valence-electron chi connectivity index (χ3n) is 4.59. The van der Waals surface area contributed by atoms with Crippen LogP contribution in [0.4, 0.5) is 0 Å². The molecule has 0 saturated heterocycles. The van der Waals surface area contributed by atoms with E-state index < -0.39 is 0 Å². The van der Waals surface area contributed by atoms with Gasteiger partial charge in [-0.2, -0.15) is 0 Å². The number of para-hydroxylation sites is 2. The number of amides is 1. The second-order valence-electron chi connectivity index (χ2n) is 6.51. The van der Waals surface area contributed by atoms with Gasteiger partial charge in [0.05, 0.1) is 27.8 Å². The molecule has 1 amide bonds. The Morgan fingerprint density at radius 2 is 2.04 bits per heavy atom. The lowest BCUT2D eigenvalue weighted by Crippen LogP contribution is -2.26. The van der Waals surface area contributed by atoms with Gasteiger partial charge in [-0.05, 0) is 37.1 Å². The number of nitrogens with zero attached hydrogens (tertiary/aromatic N) is 2. The maximum atomic E-state index is 12.6. The molecule has 1 saturated carbocycles. The monoisotopic (exact) mass is 347 g/mol. The van der Waals surface area contributed by atoms with Gasteiger partial charge in [-0.3, -0.25) is 4.79 Å². The van der Waals surface area contributed by atoms with E-state index in [0.29, 0.717) is 12.6 Å². The lowest BCUT2D eigenvalue weighted by Gasteiger charge is -2.09. The largest absolute Gasteiger partial charge is 0.349 e. The van der Waals surface area contributed by atoms with Gasteiger partial charge in [-0.1, -0.05) is 24.3 Å². The molecule has 2 aromatic heterocycles. The number of aromatic nitrogens is 2. The molecule has 5 rings (SSSR count). The lowest BCUT2D eigenvalue weighted by molar-refractivity contribution is 0.0952. The molecule has 5 heteroatoms. The standard InChI is InChI=1S/C20H17N3OS/c24-20(21-14-8-9-14)15-5-3-4-13-10-11-23(19(13)15)12-18-22-16-6-1-2-7-17(16)25-18/h1-7,10-11,14H,8-9,12H2,(H,21,24). The van der Waals surface area contributed by atoms with Gasteiger partial charge in [0.2, 0.25) is 0 Å². The average Bonchev–Trinajstić information content (AvgIpc) is 3.19. The molecule has 4 nitrogen and oxygen atoms in total. The van der Waals surface area contributed by atoms with E-state index in [-0.39, 0.29) is 5.91 Å². The number of hydrogen-bond donors (Lipinski definition) is 1. The van der Waals surface area contributed by atoms with Gasteiger partial charge in [0.25, 0.3) is 5.91 Å².